The Bertz CT molecular complexity index is 1470. The molecular weight excluding hydrogens is 498 g/mol. The minimum absolute atomic E-state index is 0.0352. The van der Waals surface area contributed by atoms with Gasteiger partial charge in [0.1, 0.15) is 17.2 Å². The van der Waals surface area contributed by atoms with E-state index in [1.165, 1.54) is 33.7 Å². The van der Waals surface area contributed by atoms with Crippen LogP contribution in [0.4, 0.5) is 5.95 Å². The number of para-hydroxylation sites is 1. The lowest BCUT2D eigenvalue weighted by molar-refractivity contribution is 0.391. The molecule has 0 saturated heterocycles. The van der Waals surface area contributed by atoms with Gasteiger partial charge in [0.05, 0.1) is 44.7 Å². The van der Waals surface area contributed by atoms with Crippen molar-refractivity contribution in [2.45, 2.75) is 25.5 Å². The average Bonchev–Trinajstić information content (AvgIpc) is 3.30. The fraction of sp³-hybridized carbons (Fsp3) is 0.292. The molecule has 12 nitrogen and oxygen atoms in total. The molecule has 0 aliphatic carbocycles. The van der Waals surface area contributed by atoms with Crippen LogP contribution >= 0.6 is 0 Å². The van der Waals surface area contributed by atoms with Gasteiger partial charge in [-0.25, -0.2) is 13.4 Å². The fourth-order valence-corrected chi connectivity index (χ4v) is 4.64. The smallest absolute Gasteiger partial charge is 0.243 e. The van der Waals surface area contributed by atoms with Crippen LogP contribution in [0.15, 0.2) is 49.1 Å². The summed E-state index contributed by atoms with van der Waals surface area (Å²) in [5.41, 5.74) is 2.46. The van der Waals surface area contributed by atoms with Crippen molar-refractivity contribution in [2.75, 3.05) is 26.1 Å². The number of anilines is 1. The minimum Gasteiger partial charge on any atom is -0.494 e. The first-order chi connectivity index (χ1) is 17.8. The summed E-state index contributed by atoms with van der Waals surface area (Å²) in [6.45, 7) is 3.47. The van der Waals surface area contributed by atoms with E-state index >= 15 is 0 Å². The molecule has 0 saturated carbocycles. The van der Waals surface area contributed by atoms with Crippen molar-refractivity contribution in [1.29, 1.82) is 0 Å². The molecule has 3 aromatic heterocycles. The molecule has 0 aliphatic heterocycles. The van der Waals surface area contributed by atoms with Crippen LogP contribution in [0.1, 0.15) is 18.2 Å². The lowest BCUT2D eigenvalue weighted by Gasteiger charge is -2.19. The summed E-state index contributed by atoms with van der Waals surface area (Å²) in [5, 5.41) is 7.61. The van der Waals surface area contributed by atoms with Gasteiger partial charge in [-0.3, -0.25) is 19.3 Å². The van der Waals surface area contributed by atoms with Gasteiger partial charge in [0.25, 0.3) is 0 Å². The number of nitrogens with zero attached hydrogens (tertiary/aromatic N) is 6. The molecule has 0 aliphatic rings. The molecule has 3 heterocycles. The van der Waals surface area contributed by atoms with Crippen LogP contribution in [-0.4, -0.2) is 64.7 Å². The Morgan fingerprint density at radius 2 is 1.70 bits per heavy atom. The second-order valence-corrected chi connectivity index (χ2v) is 10.3. The van der Waals surface area contributed by atoms with E-state index in [-0.39, 0.29) is 12.4 Å². The molecular formula is C24H27N7O5S. The van der Waals surface area contributed by atoms with Crippen molar-refractivity contribution in [3.8, 4) is 34.5 Å². The fourth-order valence-electron chi connectivity index (χ4n) is 3.66. The molecule has 0 amide bonds. The molecule has 1 aromatic carbocycles. The predicted molar refractivity (Wildman–Crippen MR) is 137 cm³/mol. The summed E-state index contributed by atoms with van der Waals surface area (Å²) in [6.07, 6.45) is 6.37. The number of pyridine rings is 1. The van der Waals surface area contributed by atoms with Gasteiger partial charge < -0.3 is 14.2 Å². The zero-order chi connectivity index (χ0) is 26.6. The maximum Gasteiger partial charge on any atom is 0.243 e. The lowest BCUT2D eigenvalue weighted by atomic mass is 10.2. The highest BCUT2D eigenvalue weighted by molar-refractivity contribution is 7.93. The number of sulfonamides is 1. The number of hydrogen-bond donors (Lipinski definition) is 1. The Morgan fingerprint density at radius 1 is 0.973 bits per heavy atom. The molecule has 1 N–H and O–H groups in total. The molecule has 4 aromatic rings. The molecule has 0 spiro atoms. The Morgan fingerprint density at radius 3 is 2.30 bits per heavy atom. The van der Waals surface area contributed by atoms with Gasteiger partial charge >= 0.3 is 0 Å². The zero-order valence-corrected chi connectivity index (χ0v) is 21.9. The van der Waals surface area contributed by atoms with E-state index in [0.717, 1.165) is 5.56 Å². The molecule has 4 rings (SSSR count). The Labute approximate surface area is 214 Å². The van der Waals surface area contributed by atoms with Gasteiger partial charge in [-0.1, -0.05) is 6.07 Å². The molecule has 0 unspecified atom stereocenters. The quantitative estimate of drug-likeness (QED) is 0.328. The predicted octanol–water partition coefficient (Wildman–Crippen LogP) is 2.83. The molecule has 1 atom stereocenters. The Balaban J connectivity index is 1.78. The zero-order valence-electron chi connectivity index (χ0n) is 21.0. The van der Waals surface area contributed by atoms with Crippen LogP contribution in [0, 0.1) is 6.92 Å². The number of benzene rings is 1. The highest BCUT2D eigenvalue weighted by Gasteiger charge is 2.28. The Kier molecular flexibility index (Phi) is 7.53. The monoisotopic (exact) mass is 525 g/mol. The largest absolute Gasteiger partial charge is 0.494 e. The summed E-state index contributed by atoms with van der Waals surface area (Å²) >= 11 is 0. The van der Waals surface area contributed by atoms with E-state index in [1.807, 2.05) is 13.0 Å². The van der Waals surface area contributed by atoms with Gasteiger partial charge in [-0.05, 0) is 37.6 Å². The van der Waals surface area contributed by atoms with Crippen LogP contribution < -0.4 is 18.9 Å². The van der Waals surface area contributed by atoms with Crippen molar-refractivity contribution < 1.29 is 22.6 Å². The van der Waals surface area contributed by atoms with Crippen LogP contribution in [0.2, 0.25) is 0 Å². The van der Waals surface area contributed by atoms with Gasteiger partial charge in [-0.2, -0.15) is 0 Å². The SMILES string of the molecule is COc1cnc(C[C@H](C)S(=O)(=O)Nc2nnc(-c3cncc(C)c3)n2-c2c(OC)cccc2OC)cn1. The highest BCUT2D eigenvalue weighted by Crippen LogP contribution is 2.37. The van der Waals surface area contributed by atoms with Crippen molar-refractivity contribution in [3.05, 3.63) is 60.3 Å². The maximum atomic E-state index is 13.4. The van der Waals surface area contributed by atoms with E-state index in [2.05, 4.69) is 29.9 Å². The molecule has 194 valence electrons. The van der Waals surface area contributed by atoms with Gasteiger partial charge in [0, 0.05) is 24.4 Å². The minimum atomic E-state index is -3.94. The summed E-state index contributed by atoms with van der Waals surface area (Å²) < 4.78 is 47.1. The van der Waals surface area contributed by atoms with E-state index in [9.17, 15) is 8.42 Å². The number of nitrogens with one attached hydrogen (secondary N) is 1. The van der Waals surface area contributed by atoms with E-state index in [4.69, 9.17) is 14.2 Å². The van der Waals surface area contributed by atoms with Crippen molar-refractivity contribution in [3.63, 3.8) is 0 Å². The van der Waals surface area contributed by atoms with E-state index in [0.29, 0.717) is 40.1 Å². The van der Waals surface area contributed by atoms with Crippen LogP contribution in [-0.2, 0) is 16.4 Å². The summed E-state index contributed by atoms with van der Waals surface area (Å²) in [4.78, 5) is 12.6. The highest BCUT2D eigenvalue weighted by atomic mass is 32.2. The second kappa shape index (κ2) is 10.8. The lowest BCUT2D eigenvalue weighted by Crippen LogP contribution is -2.29. The molecule has 13 heteroatoms. The van der Waals surface area contributed by atoms with E-state index in [1.54, 1.807) is 42.1 Å². The maximum absolute atomic E-state index is 13.4. The topological polar surface area (TPSA) is 143 Å². The third kappa shape index (κ3) is 5.45. The average molecular weight is 526 g/mol. The molecule has 0 bridgehead atoms. The number of ether oxygens (including phenoxy) is 3. The van der Waals surface area contributed by atoms with Gasteiger partial charge in [-0.15, -0.1) is 10.2 Å². The number of hydrogen-bond acceptors (Lipinski definition) is 10. The van der Waals surface area contributed by atoms with Crippen LogP contribution in [0.25, 0.3) is 17.1 Å². The number of rotatable bonds is 10. The van der Waals surface area contributed by atoms with Crippen molar-refractivity contribution in [1.82, 2.24) is 29.7 Å². The molecule has 0 fully saturated rings. The third-order valence-corrected chi connectivity index (χ3v) is 7.27. The summed E-state index contributed by atoms with van der Waals surface area (Å²) in [6, 6.07) is 7.11. The molecule has 0 radical (unpaired) electrons. The number of aromatic nitrogens is 6. The Hall–Kier alpha value is -4.26. The second-order valence-electron chi connectivity index (χ2n) is 8.16. The first-order valence-electron chi connectivity index (χ1n) is 11.2. The van der Waals surface area contributed by atoms with Crippen molar-refractivity contribution in [2.24, 2.45) is 0 Å². The van der Waals surface area contributed by atoms with E-state index < -0.39 is 15.3 Å². The molecule has 37 heavy (non-hydrogen) atoms. The standard InChI is InChI=1S/C24H27N7O5S/c1-15-9-17(12-25-11-15)23-28-29-24(31(23)22-19(34-3)7-6-8-20(22)35-4)30-37(32,33)16(2)10-18-13-27-21(36-5)14-26-18/h6-9,11-14,16H,10H2,1-5H3,(H,29,30)/t16-/m0/s1. The normalized spacial score (nSPS) is 12.1. The third-order valence-electron chi connectivity index (χ3n) is 5.57. The number of aryl methyl sites for hydroxylation is 1. The van der Waals surface area contributed by atoms with Gasteiger partial charge in [0.15, 0.2) is 5.82 Å². The number of methoxy groups -OCH3 is 3. The van der Waals surface area contributed by atoms with Crippen LogP contribution in [0.3, 0.4) is 0 Å². The summed E-state index contributed by atoms with van der Waals surface area (Å²) in [7, 11) is 0.562. The first kappa shape index (κ1) is 25.8. The van der Waals surface area contributed by atoms with Crippen LogP contribution in [0.5, 0.6) is 17.4 Å². The first-order valence-corrected chi connectivity index (χ1v) is 12.8. The summed E-state index contributed by atoms with van der Waals surface area (Å²) in [5.74, 6) is 1.53. The van der Waals surface area contributed by atoms with Gasteiger partial charge in [0.2, 0.25) is 21.9 Å². The van der Waals surface area contributed by atoms with Crippen molar-refractivity contribution >= 4 is 16.0 Å².